The standard InChI is InChI=1S/C19H17FN4OS/c20-13-5-6-14-16(21-25-17(14)11-13)12-23-7-9-24(10-8-23)19-15-3-1-2-4-18(15)26-22-19/h1-6,11H,7-10,12H2. The zero-order valence-corrected chi connectivity index (χ0v) is 14.9. The minimum atomic E-state index is -0.302. The molecule has 26 heavy (non-hydrogen) atoms. The highest BCUT2D eigenvalue weighted by molar-refractivity contribution is 7.13. The highest BCUT2D eigenvalue weighted by Gasteiger charge is 2.22. The highest BCUT2D eigenvalue weighted by atomic mass is 32.1. The van der Waals surface area contributed by atoms with Gasteiger partial charge in [0.2, 0.25) is 0 Å². The van der Waals surface area contributed by atoms with Crippen LogP contribution in [-0.4, -0.2) is 40.6 Å². The van der Waals surface area contributed by atoms with Crippen LogP contribution in [0.15, 0.2) is 47.0 Å². The van der Waals surface area contributed by atoms with Crippen LogP contribution in [0.3, 0.4) is 0 Å². The van der Waals surface area contributed by atoms with E-state index in [-0.39, 0.29) is 5.82 Å². The van der Waals surface area contributed by atoms with E-state index in [4.69, 9.17) is 4.52 Å². The molecule has 4 aromatic rings. The topological polar surface area (TPSA) is 45.4 Å². The number of aromatic nitrogens is 2. The molecule has 1 aliphatic heterocycles. The molecule has 0 radical (unpaired) electrons. The van der Waals surface area contributed by atoms with E-state index in [2.05, 4.69) is 43.6 Å². The molecule has 1 aliphatic rings. The van der Waals surface area contributed by atoms with Crippen LogP contribution < -0.4 is 4.90 Å². The summed E-state index contributed by atoms with van der Waals surface area (Å²) >= 11 is 1.56. The molecular formula is C19H17FN4OS. The second kappa shape index (κ2) is 6.34. The third kappa shape index (κ3) is 2.73. The first kappa shape index (κ1) is 15.7. The number of hydrogen-bond donors (Lipinski definition) is 0. The Hall–Kier alpha value is -2.51. The van der Waals surface area contributed by atoms with Gasteiger partial charge in [-0.3, -0.25) is 4.90 Å². The van der Waals surface area contributed by atoms with E-state index in [1.165, 1.54) is 22.2 Å². The Labute approximate surface area is 153 Å². The molecule has 132 valence electrons. The van der Waals surface area contributed by atoms with Crippen molar-refractivity contribution in [3.05, 3.63) is 54.0 Å². The maximum Gasteiger partial charge on any atom is 0.170 e. The number of halogens is 1. The lowest BCUT2D eigenvalue weighted by atomic mass is 10.2. The number of nitrogens with zero attached hydrogens (tertiary/aromatic N) is 4. The molecular weight excluding hydrogens is 351 g/mol. The van der Waals surface area contributed by atoms with Gasteiger partial charge in [0.15, 0.2) is 5.58 Å². The fourth-order valence-corrected chi connectivity index (χ4v) is 4.30. The number of benzene rings is 2. The van der Waals surface area contributed by atoms with Crippen LogP contribution >= 0.6 is 11.5 Å². The molecule has 0 bridgehead atoms. The van der Waals surface area contributed by atoms with Crippen LogP contribution in [0.4, 0.5) is 10.2 Å². The molecule has 2 aromatic carbocycles. The van der Waals surface area contributed by atoms with E-state index in [9.17, 15) is 4.39 Å². The second-order valence-electron chi connectivity index (χ2n) is 6.54. The summed E-state index contributed by atoms with van der Waals surface area (Å²) in [6.45, 7) is 4.43. The van der Waals surface area contributed by atoms with Gasteiger partial charge in [-0.2, -0.15) is 4.37 Å². The average Bonchev–Trinajstić information content (AvgIpc) is 3.26. The van der Waals surface area contributed by atoms with Gasteiger partial charge in [-0.05, 0) is 35.8 Å². The largest absolute Gasteiger partial charge is 0.356 e. The number of hydrogen-bond acceptors (Lipinski definition) is 6. The van der Waals surface area contributed by atoms with Gasteiger partial charge >= 0.3 is 0 Å². The Morgan fingerprint density at radius 2 is 1.88 bits per heavy atom. The molecule has 1 saturated heterocycles. The van der Waals surface area contributed by atoms with Crippen molar-refractivity contribution in [2.75, 3.05) is 31.1 Å². The lowest BCUT2D eigenvalue weighted by molar-refractivity contribution is 0.243. The van der Waals surface area contributed by atoms with Crippen LogP contribution in [0.25, 0.3) is 21.1 Å². The predicted molar refractivity (Wildman–Crippen MR) is 101 cm³/mol. The molecule has 0 spiro atoms. The van der Waals surface area contributed by atoms with Crippen LogP contribution in [0.2, 0.25) is 0 Å². The summed E-state index contributed by atoms with van der Waals surface area (Å²) in [5.74, 6) is 0.789. The van der Waals surface area contributed by atoms with Gasteiger partial charge < -0.3 is 9.42 Å². The quantitative estimate of drug-likeness (QED) is 0.549. The Bertz CT molecular complexity index is 1070. The molecule has 1 fully saturated rings. The highest BCUT2D eigenvalue weighted by Crippen LogP contribution is 2.30. The minimum Gasteiger partial charge on any atom is -0.356 e. The molecule has 5 nitrogen and oxygen atoms in total. The fraction of sp³-hybridized carbons (Fsp3) is 0.263. The first-order valence-corrected chi connectivity index (χ1v) is 9.41. The number of piperazine rings is 1. The predicted octanol–water partition coefficient (Wildman–Crippen LogP) is 3.90. The Balaban J connectivity index is 1.29. The summed E-state index contributed by atoms with van der Waals surface area (Å²) in [4.78, 5) is 4.71. The average molecular weight is 368 g/mol. The van der Waals surface area contributed by atoms with Crippen molar-refractivity contribution in [2.45, 2.75) is 6.54 Å². The van der Waals surface area contributed by atoms with Gasteiger partial charge in [0.1, 0.15) is 17.3 Å². The fourth-order valence-electron chi connectivity index (χ4n) is 3.51. The maximum absolute atomic E-state index is 13.3. The van der Waals surface area contributed by atoms with E-state index < -0.39 is 0 Å². The summed E-state index contributed by atoms with van der Waals surface area (Å²) in [5.41, 5.74) is 1.38. The molecule has 5 rings (SSSR count). The van der Waals surface area contributed by atoms with Crippen LogP contribution in [0, 0.1) is 5.82 Å². The van der Waals surface area contributed by atoms with Crippen LogP contribution in [0.5, 0.6) is 0 Å². The lowest BCUT2D eigenvalue weighted by Crippen LogP contribution is -2.46. The van der Waals surface area contributed by atoms with Gasteiger partial charge in [-0.1, -0.05) is 17.3 Å². The third-order valence-corrected chi connectivity index (χ3v) is 5.73. The summed E-state index contributed by atoms with van der Waals surface area (Å²) in [6, 6.07) is 13.0. The molecule has 7 heteroatoms. The van der Waals surface area contributed by atoms with E-state index >= 15 is 0 Å². The minimum absolute atomic E-state index is 0.302. The Morgan fingerprint density at radius 1 is 1.04 bits per heavy atom. The maximum atomic E-state index is 13.3. The SMILES string of the molecule is Fc1ccc2c(CN3CCN(c4nsc5ccccc45)CC3)noc2c1. The molecule has 2 aromatic heterocycles. The first-order chi connectivity index (χ1) is 12.8. The van der Waals surface area contributed by atoms with E-state index in [1.807, 2.05) is 0 Å². The third-order valence-electron chi connectivity index (χ3n) is 4.91. The zero-order chi connectivity index (χ0) is 17.5. The summed E-state index contributed by atoms with van der Waals surface area (Å²) < 4.78 is 24.4. The van der Waals surface area contributed by atoms with Gasteiger partial charge in [0.05, 0.1) is 4.70 Å². The Kier molecular flexibility index (Phi) is 3.83. The number of anilines is 1. The lowest BCUT2D eigenvalue weighted by Gasteiger charge is -2.34. The van der Waals surface area contributed by atoms with Gasteiger partial charge in [-0.15, -0.1) is 0 Å². The summed E-state index contributed by atoms with van der Waals surface area (Å²) in [7, 11) is 0. The zero-order valence-electron chi connectivity index (χ0n) is 14.1. The van der Waals surface area contributed by atoms with Crippen LogP contribution in [0.1, 0.15) is 5.69 Å². The van der Waals surface area contributed by atoms with E-state index in [1.54, 1.807) is 17.6 Å². The molecule has 0 aliphatic carbocycles. The normalized spacial score (nSPS) is 16.0. The Morgan fingerprint density at radius 3 is 2.77 bits per heavy atom. The van der Waals surface area contributed by atoms with Gasteiger partial charge in [-0.25, -0.2) is 4.39 Å². The van der Waals surface area contributed by atoms with Crippen molar-refractivity contribution in [3.8, 4) is 0 Å². The monoisotopic (exact) mass is 368 g/mol. The summed E-state index contributed by atoms with van der Waals surface area (Å²) in [5, 5.41) is 6.25. The molecule has 0 atom stereocenters. The second-order valence-corrected chi connectivity index (χ2v) is 7.34. The van der Waals surface area contributed by atoms with Gasteiger partial charge in [0, 0.05) is 49.6 Å². The van der Waals surface area contributed by atoms with Crippen molar-refractivity contribution >= 4 is 38.4 Å². The van der Waals surface area contributed by atoms with E-state index in [0.717, 1.165) is 43.1 Å². The van der Waals surface area contributed by atoms with Crippen molar-refractivity contribution in [1.82, 2.24) is 14.4 Å². The van der Waals surface area contributed by atoms with Crippen molar-refractivity contribution in [2.24, 2.45) is 0 Å². The van der Waals surface area contributed by atoms with Crippen LogP contribution in [-0.2, 0) is 6.54 Å². The molecule has 0 unspecified atom stereocenters. The summed E-state index contributed by atoms with van der Waals surface area (Å²) in [6.07, 6.45) is 0. The number of fused-ring (bicyclic) bond motifs is 2. The first-order valence-electron chi connectivity index (χ1n) is 8.63. The molecule has 3 heterocycles. The van der Waals surface area contributed by atoms with E-state index in [0.29, 0.717) is 12.1 Å². The smallest absolute Gasteiger partial charge is 0.170 e. The molecule has 0 N–H and O–H groups in total. The van der Waals surface area contributed by atoms with Gasteiger partial charge in [0.25, 0.3) is 0 Å². The van der Waals surface area contributed by atoms with Crippen molar-refractivity contribution in [1.29, 1.82) is 0 Å². The van der Waals surface area contributed by atoms with Crippen molar-refractivity contribution < 1.29 is 8.91 Å². The number of rotatable bonds is 3. The molecule has 0 amide bonds. The van der Waals surface area contributed by atoms with Crippen molar-refractivity contribution in [3.63, 3.8) is 0 Å². The molecule has 0 saturated carbocycles.